The zero-order valence-electron chi connectivity index (χ0n) is 9.94. The number of aldehydes is 1. The van der Waals surface area contributed by atoms with E-state index < -0.39 is 0 Å². The molecule has 1 N–H and O–H groups in total. The first-order valence-corrected chi connectivity index (χ1v) is 6.00. The van der Waals surface area contributed by atoms with Crippen molar-refractivity contribution in [1.29, 1.82) is 0 Å². The van der Waals surface area contributed by atoms with Crippen molar-refractivity contribution in [3.05, 3.63) is 35.4 Å². The third-order valence-corrected chi connectivity index (χ3v) is 3.33. The number of carbonyl (C=O) groups is 1. The van der Waals surface area contributed by atoms with Gasteiger partial charge in [-0.05, 0) is 37.3 Å². The smallest absolute Gasteiger partial charge is 0.150 e. The number of carbonyl (C=O) groups excluding carboxylic acids is 1. The van der Waals surface area contributed by atoms with Crippen LogP contribution in [0, 0.1) is 5.92 Å². The highest BCUT2D eigenvalue weighted by atomic mass is 16.1. The van der Waals surface area contributed by atoms with Crippen molar-refractivity contribution in [2.75, 3.05) is 0 Å². The molecule has 0 amide bonds. The Hall–Kier alpha value is -1.15. The number of nitrogens with one attached hydrogen (secondary N) is 1. The fourth-order valence-electron chi connectivity index (χ4n) is 2.66. The minimum atomic E-state index is 0.402. The molecule has 0 bridgehead atoms. The zero-order chi connectivity index (χ0) is 11.5. The first kappa shape index (κ1) is 11.3. The van der Waals surface area contributed by atoms with E-state index in [-0.39, 0.29) is 0 Å². The van der Waals surface area contributed by atoms with Crippen molar-refractivity contribution in [1.82, 2.24) is 5.32 Å². The molecule has 2 rings (SSSR count). The molecular formula is C14H19NO. The molecule has 3 atom stereocenters. The topological polar surface area (TPSA) is 29.1 Å². The van der Waals surface area contributed by atoms with Crippen molar-refractivity contribution < 1.29 is 4.79 Å². The first-order valence-electron chi connectivity index (χ1n) is 6.00. The summed E-state index contributed by atoms with van der Waals surface area (Å²) in [6.07, 6.45) is 3.32. The van der Waals surface area contributed by atoms with Gasteiger partial charge in [0.05, 0.1) is 0 Å². The van der Waals surface area contributed by atoms with Gasteiger partial charge in [0.2, 0.25) is 0 Å². The lowest BCUT2D eigenvalue weighted by atomic mass is 9.86. The van der Waals surface area contributed by atoms with Crippen LogP contribution < -0.4 is 5.32 Å². The normalized spacial score (nSPS) is 30.0. The molecule has 0 aliphatic carbocycles. The Morgan fingerprint density at radius 3 is 2.81 bits per heavy atom. The van der Waals surface area contributed by atoms with Gasteiger partial charge in [0.1, 0.15) is 6.29 Å². The average Bonchev–Trinajstić information content (AvgIpc) is 2.28. The summed E-state index contributed by atoms with van der Waals surface area (Å²) in [6.45, 7) is 4.53. The molecule has 0 radical (unpaired) electrons. The molecule has 1 aliphatic rings. The highest BCUT2D eigenvalue weighted by molar-refractivity contribution is 5.75. The van der Waals surface area contributed by atoms with Crippen molar-refractivity contribution in [2.24, 2.45) is 5.92 Å². The summed E-state index contributed by atoms with van der Waals surface area (Å²) in [5.74, 6) is 0.751. The van der Waals surface area contributed by atoms with Crippen LogP contribution >= 0.6 is 0 Å². The SMILES string of the molecule is CC1CC(C)NC(c2cccc(C=O)c2)C1. The first-order chi connectivity index (χ1) is 7.69. The largest absolute Gasteiger partial charge is 0.307 e. The lowest BCUT2D eigenvalue weighted by Crippen LogP contribution is -2.37. The molecular weight excluding hydrogens is 198 g/mol. The third kappa shape index (κ3) is 2.50. The standard InChI is InChI=1S/C14H19NO/c1-10-6-11(2)15-14(7-10)13-5-3-4-12(8-13)9-16/h3-5,8-11,14-15H,6-7H2,1-2H3. The predicted molar refractivity (Wildman–Crippen MR) is 65.6 cm³/mol. The van der Waals surface area contributed by atoms with Gasteiger partial charge in [-0.3, -0.25) is 4.79 Å². The van der Waals surface area contributed by atoms with Gasteiger partial charge >= 0.3 is 0 Å². The Morgan fingerprint density at radius 2 is 2.12 bits per heavy atom. The van der Waals surface area contributed by atoms with Crippen LogP contribution in [0.4, 0.5) is 0 Å². The van der Waals surface area contributed by atoms with E-state index in [1.165, 1.54) is 12.0 Å². The maximum Gasteiger partial charge on any atom is 0.150 e. The molecule has 1 heterocycles. The van der Waals surface area contributed by atoms with Gasteiger partial charge in [-0.1, -0.05) is 25.1 Å². The Bertz CT molecular complexity index is 365. The van der Waals surface area contributed by atoms with Crippen LogP contribution in [0.1, 0.15) is 48.7 Å². The van der Waals surface area contributed by atoms with E-state index in [0.717, 1.165) is 24.2 Å². The van der Waals surface area contributed by atoms with Crippen LogP contribution in [0.5, 0.6) is 0 Å². The van der Waals surface area contributed by atoms with Gasteiger partial charge in [0, 0.05) is 17.6 Å². The van der Waals surface area contributed by atoms with Crippen LogP contribution in [0.25, 0.3) is 0 Å². The molecule has 1 aromatic rings. The fraction of sp³-hybridized carbons (Fsp3) is 0.500. The molecule has 16 heavy (non-hydrogen) atoms. The van der Waals surface area contributed by atoms with Crippen LogP contribution in [-0.4, -0.2) is 12.3 Å². The van der Waals surface area contributed by atoms with Gasteiger partial charge in [0.25, 0.3) is 0 Å². The third-order valence-electron chi connectivity index (χ3n) is 3.33. The highest BCUT2D eigenvalue weighted by Gasteiger charge is 2.24. The van der Waals surface area contributed by atoms with E-state index in [1.807, 2.05) is 18.2 Å². The van der Waals surface area contributed by atoms with Crippen LogP contribution in [0.15, 0.2) is 24.3 Å². The lowest BCUT2D eigenvalue weighted by Gasteiger charge is -2.33. The summed E-state index contributed by atoms with van der Waals surface area (Å²) >= 11 is 0. The quantitative estimate of drug-likeness (QED) is 0.772. The number of hydrogen-bond donors (Lipinski definition) is 1. The van der Waals surface area contributed by atoms with Crippen LogP contribution in [0.3, 0.4) is 0 Å². The summed E-state index contributed by atoms with van der Waals surface area (Å²) in [6, 6.07) is 8.88. The number of hydrogen-bond acceptors (Lipinski definition) is 2. The Balaban J connectivity index is 2.19. The summed E-state index contributed by atoms with van der Waals surface area (Å²) < 4.78 is 0. The van der Waals surface area contributed by atoms with Gasteiger partial charge in [-0.2, -0.15) is 0 Å². The molecule has 86 valence electrons. The van der Waals surface area contributed by atoms with Crippen molar-refractivity contribution in [3.8, 4) is 0 Å². The second kappa shape index (κ2) is 4.79. The Morgan fingerprint density at radius 1 is 1.31 bits per heavy atom. The molecule has 0 saturated carbocycles. The molecule has 1 saturated heterocycles. The minimum absolute atomic E-state index is 0.402. The Labute approximate surface area is 97.1 Å². The summed E-state index contributed by atoms with van der Waals surface area (Å²) in [7, 11) is 0. The minimum Gasteiger partial charge on any atom is -0.307 e. The predicted octanol–water partition coefficient (Wildman–Crippen LogP) is 2.95. The van der Waals surface area contributed by atoms with Crippen molar-refractivity contribution in [3.63, 3.8) is 0 Å². The molecule has 1 aliphatic heterocycles. The Kier molecular flexibility index (Phi) is 3.39. The molecule has 1 aromatic carbocycles. The van der Waals surface area contributed by atoms with Gasteiger partial charge in [-0.15, -0.1) is 0 Å². The molecule has 1 fully saturated rings. The molecule has 2 heteroatoms. The van der Waals surface area contributed by atoms with Gasteiger partial charge in [-0.25, -0.2) is 0 Å². The molecule has 0 spiro atoms. The maximum atomic E-state index is 10.7. The zero-order valence-corrected chi connectivity index (χ0v) is 9.94. The molecule has 2 nitrogen and oxygen atoms in total. The van der Waals surface area contributed by atoms with Gasteiger partial charge in [0.15, 0.2) is 0 Å². The van der Waals surface area contributed by atoms with Gasteiger partial charge < -0.3 is 5.32 Å². The lowest BCUT2D eigenvalue weighted by molar-refractivity contribution is 0.112. The highest BCUT2D eigenvalue weighted by Crippen LogP contribution is 2.29. The average molecular weight is 217 g/mol. The van der Waals surface area contributed by atoms with E-state index >= 15 is 0 Å². The van der Waals surface area contributed by atoms with E-state index in [2.05, 4.69) is 25.2 Å². The summed E-state index contributed by atoms with van der Waals surface area (Å²) in [5, 5.41) is 3.60. The number of rotatable bonds is 2. The number of benzene rings is 1. The van der Waals surface area contributed by atoms with E-state index in [9.17, 15) is 4.79 Å². The maximum absolute atomic E-state index is 10.7. The van der Waals surface area contributed by atoms with Crippen molar-refractivity contribution >= 4 is 6.29 Å². The van der Waals surface area contributed by atoms with Crippen molar-refractivity contribution in [2.45, 2.75) is 38.8 Å². The van der Waals surface area contributed by atoms with E-state index in [4.69, 9.17) is 0 Å². The second-order valence-electron chi connectivity index (χ2n) is 4.98. The van der Waals surface area contributed by atoms with Crippen LogP contribution in [0.2, 0.25) is 0 Å². The fourth-order valence-corrected chi connectivity index (χ4v) is 2.66. The molecule has 3 unspecified atom stereocenters. The second-order valence-corrected chi connectivity index (χ2v) is 4.98. The monoisotopic (exact) mass is 217 g/mol. The number of piperidine rings is 1. The molecule has 0 aromatic heterocycles. The van der Waals surface area contributed by atoms with E-state index in [0.29, 0.717) is 12.1 Å². The summed E-state index contributed by atoms with van der Waals surface area (Å²) in [5.41, 5.74) is 2.01. The summed E-state index contributed by atoms with van der Waals surface area (Å²) in [4.78, 5) is 10.7. The van der Waals surface area contributed by atoms with E-state index in [1.54, 1.807) is 0 Å². The van der Waals surface area contributed by atoms with Crippen LogP contribution in [-0.2, 0) is 0 Å².